The van der Waals surface area contributed by atoms with E-state index in [-0.39, 0.29) is 11.8 Å². The standard InChI is InChI=1S/C21H26N4OS/c1-24-8-7-18-15(11-24)10-22-20(23-18)14-6-9-25(12-14)21(26)17-13-27-19-5-3-2-4-16(17)19/h10,13-14H,2-9,11-12H2,1H3. The highest BCUT2D eigenvalue weighted by atomic mass is 32.1. The molecule has 5 rings (SSSR count). The zero-order valence-corrected chi connectivity index (χ0v) is 16.7. The summed E-state index contributed by atoms with van der Waals surface area (Å²) in [6, 6.07) is 0. The van der Waals surface area contributed by atoms with Crippen molar-refractivity contribution in [3.63, 3.8) is 0 Å². The molecular weight excluding hydrogens is 356 g/mol. The number of nitrogens with zero attached hydrogens (tertiary/aromatic N) is 4. The fourth-order valence-corrected chi connectivity index (χ4v) is 5.79. The van der Waals surface area contributed by atoms with Gasteiger partial charge in [-0.05, 0) is 44.7 Å². The van der Waals surface area contributed by atoms with Crippen LogP contribution in [0, 0.1) is 0 Å². The maximum Gasteiger partial charge on any atom is 0.255 e. The molecule has 5 nitrogen and oxygen atoms in total. The number of thiophene rings is 1. The van der Waals surface area contributed by atoms with Crippen LogP contribution in [0.25, 0.3) is 0 Å². The van der Waals surface area contributed by atoms with Crippen LogP contribution < -0.4 is 0 Å². The van der Waals surface area contributed by atoms with Crippen molar-refractivity contribution in [2.75, 3.05) is 26.7 Å². The second kappa shape index (κ2) is 6.99. The van der Waals surface area contributed by atoms with Crippen molar-refractivity contribution >= 4 is 17.2 Å². The maximum atomic E-state index is 13.1. The van der Waals surface area contributed by atoms with Crippen molar-refractivity contribution in [3.8, 4) is 0 Å². The largest absolute Gasteiger partial charge is 0.338 e. The molecule has 1 saturated heterocycles. The van der Waals surface area contributed by atoms with E-state index in [1.54, 1.807) is 11.3 Å². The van der Waals surface area contributed by atoms with Crippen molar-refractivity contribution in [3.05, 3.63) is 44.7 Å². The van der Waals surface area contributed by atoms with Crippen molar-refractivity contribution in [1.29, 1.82) is 0 Å². The van der Waals surface area contributed by atoms with E-state index in [4.69, 9.17) is 4.98 Å². The van der Waals surface area contributed by atoms with Crippen LogP contribution in [0.5, 0.6) is 0 Å². The minimum absolute atomic E-state index is 0.219. The summed E-state index contributed by atoms with van der Waals surface area (Å²) >= 11 is 1.78. The Morgan fingerprint density at radius 2 is 2.11 bits per heavy atom. The molecule has 0 spiro atoms. The predicted molar refractivity (Wildman–Crippen MR) is 106 cm³/mol. The normalized spacial score (nSPS) is 22.6. The smallest absolute Gasteiger partial charge is 0.255 e. The molecule has 1 aliphatic carbocycles. The van der Waals surface area contributed by atoms with Crippen LogP contribution in [-0.2, 0) is 25.8 Å². The highest BCUT2D eigenvalue weighted by Crippen LogP contribution is 2.33. The minimum Gasteiger partial charge on any atom is -0.338 e. The Kier molecular flexibility index (Phi) is 4.48. The number of hydrogen-bond acceptors (Lipinski definition) is 5. The molecule has 2 aromatic rings. The lowest BCUT2D eigenvalue weighted by molar-refractivity contribution is 0.0789. The molecule has 1 amide bonds. The first-order valence-corrected chi connectivity index (χ1v) is 11.0. The van der Waals surface area contributed by atoms with Gasteiger partial charge < -0.3 is 9.80 Å². The molecule has 2 aromatic heterocycles. The van der Waals surface area contributed by atoms with E-state index in [0.29, 0.717) is 0 Å². The lowest BCUT2D eigenvalue weighted by atomic mass is 9.95. The van der Waals surface area contributed by atoms with Crippen LogP contribution in [0.3, 0.4) is 0 Å². The molecule has 0 radical (unpaired) electrons. The van der Waals surface area contributed by atoms with E-state index in [2.05, 4.69) is 22.3 Å². The van der Waals surface area contributed by atoms with Gasteiger partial charge in [0.15, 0.2) is 0 Å². The SMILES string of the molecule is CN1CCc2nc(C3CCN(C(=O)c4csc5c4CCCC5)C3)ncc2C1. The molecule has 1 atom stereocenters. The maximum absolute atomic E-state index is 13.1. The van der Waals surface area contributed by atoms with Gasteiger partial charge in [-0.3, -0.25) is 4.79 Å². The van der Waals surface area contributed by atoms with Crippen molar-refractivity contribution in [2.24, 2.45) is 0 Å². The zero-order valence-electron chi connectivity index (χ0n) is 15.9. The van der Waals surface area contributed by atoms with Crippen LogP contribution in [-0.4, -0.2) is 52.4 Å². The number of amides is 1. The third kappa shape index (κ3) is 3.19. The molecule has 1 unspecified atom stereocenters. The minimum atomic E-state index is 0.219. The summed E-state index contributed by atoms with van der Waals surface area (Å²) in [5.74, 6) is 1.42. The van der Waals surface area contributed by atoms with Gasteiger partial charge in [0.05, 0.1) is 5.56 Å². The highest BCUT2D eigenvalue weighted by Gasteiger charge is 2.32. The van der Waals surface area contributed by atoms with Gasteiger partial charge in [0, 0.05) is 66.2 Å². The lowest BCUT2D eigenvalue weighted by Gasteiger charge is -2.24. The topological polar surface area (TPSA) is 49.3 Å². The molecular formula is C21H26N4OS. The molecule has 0 bridgehead atoms. The molecule has 6 heteroatoms. The Labute approximate surface area is 164 Å². The third-order valence-corrected chi connectivity index (χ3v) is 7.36. The number of likely N-dealkylation sites (tertiary alicyclic amines) is 1. The summed E-state index contributed by atoms with van der Waals surface area (Å²) in [5, 5.41) is 2.09. The van der Waals surface area contributed by atoms with E-state index in [1.807, 2.05) is 11.1 Å². The van der Waals surface area contributed by atoms with E-state index >= 15 is 0 Å². The summed E-state index contributed by atoms with van der Waals surface area (Å²) < 4.78 is 0. The summed E-state index contributed by atoms with van der Waals surface area (Å²) in [6.07, 6.45) is 8.67. The van der Waals surface area contributed by atoms with Gasteiger partial charge in [0.1, 0.15) is 5.82 Å². The first-order chi connectivity index (χ1) is 13.2. The Morgan fingerprint density at radius 3 is 3.04 bits per heavy atom. The Hall–Kier alpha value is -1.79. The molecule has 4 heterocycles. The first-order valence-electron chi connectivity index (χ1n) is 10.1. The number of carbonyl (C=O) groups excluding carboxylic acids is 1. The van der Waals surface area contributed by atoms with E-state index < -0.39 is 0 Å². The lowest BCUT2D eigenvalue weighted by Crippen LogP contribution is -2.30. The van der Waals surface area contributed by atoms with Gasteiger partial charge in [-0.2, -0.15) is 0 Å². The number of likely N-dealkylation sites (N-methyl/N-ethyl adjacent to an activating group) is 1. The molecule has 0 aromatic carbocycles. The average Bonchev–Trinajstić information content (AvgIpc) is 3.34. The fourth-order valence-electron chi connectivity index (χ4n) is 4.67. The van der Waals surface area contributed by atoms with Crippen LogP contribution in [0.2, 0.25) is 0 Å². The quantitative estimate of drug-likeness (QED) is 0.801. The van der Waals surface area contributed by atoms with Crippen LogP contribution in [0.4, 0.5) is 0 Å². The van der Waals surface area contributed by atoms with Crippen molar-refractivity contribution < 1.29 is 4.79 Å². The average molecular weight is 383 g/mol. The van der Waals surface area contributed by atoms with Crippen molar-refractivity contribution in [1.82, 2.24) is 19.8 Å². The second-order valence-corrected chi connectivity index (χ2v) is 9.15. The number of fused-ring (bicyclic) bond motifs is 2. The number of rotatable bonds is 2. The summed E-state index contributed by atoms with van der Waals surface area (Å²) in [4.78, 5) is 28.4. The third-order valence-electron chi connectivity index (χ3n) is 6.28. The highest BCUT2D eigenvalue weighted by molar-refractivity contribution is 7.10. The van der Waals surface area contributed by atoms with Gasteiger partial charge in [0.2, 0.25) is 0 Å². The number of carbonyl (C=O) groups is 1. The number of aromatic nitrogens is 2. The zero-order chi connectivity index (χ0) is 18.4. The Balaban J connectivity index is 1.32. The molecule has 0 N–H and O–H groups in total. The predicted octanol–water partition coefficient (Wildman–Crippen LogP) is 3.03. The molecule has 1 fully saturated rings. The second-order valence-electron chi connectivity index (χ2n) is 8.18. The molecule has 142 valence electrons. The summed E-state index contributed by atoms with van der Waals surface area (Å²) in [6.45, 7) is 3.57. The molecule has 2 aliphatic heterocycles. The van der Waals surface area contributed by atoms with Crippen LogP contribution >= 0.6 is 11.3 Å². The fraction of sp³-hybridized carbons (Fsp3) is 0.571. The van der Waals surface area contributed by atoms with Gasteiger partial charge in [-0.15, -0.1) is 11.3 Å². The molecule has 3 aliphatic rings. The Bertz CT molecular complexity index is 877. The van der Waals surface area contributed by atoms with Crippen LogP contribution in [0.1, 0.15) is 63.1 Å². The summed E-state index contributed by atoms with van der Waals surface area (Å²) in [5.41, 5.74) is 4.75. The molecule has 27 heavy (non-hydrogen) atoms. The van der Waals surface area contributed by atoms with E-state index in [0.717, 1.165) is 63.3 Å². The molecule has 0 saturated carbocycles. The van der Waals surface area contributed by atoms with Gasteiger partial charge in [0.25, 0.3) is 5.91 Å². The summed E-state index contributed by atoms with van der Waals surface area (Å²) in [7, 11) is 2.14. The number of aryl methyl sites for hydroxylation is 1. The van der Waals surface area contributed by atoms with Gasteiger partial charge in [-0.25, -0.2) is 9.97 Å². The van der Waals surface area contributed by atoms with Gasteiger partial charge >= 0.3 is 0 Å². The van der Waals surface area contributed by atoms with Crippen LogP contribution in [0.15, 0.2) is 11.6 Å². The van der Waals surface area contributed by atoms with Gasteiger partial charge in [-0.1, -0.05) is 0 Å². The first kappa shape index (κ1) is 17.3. The Morgan fingerprint density at radius 1 is 1.22 bits per heavy atom. The van der Waals surface area contributed by atoms with E-state index in [1.165, 1.54) is 34.5 Å². The van der Waals surface area contributed by atoms with E-state index in [9.17, 15) is 4.79 Å². The monoisotopic (exact) mass is 382 g/mol. The van der Waals surface area contributed by atoms with Crippen molar-refractivity contribution in [2.45, 2.75) is 51.0 Å². The number of hydrogen-bond donors (Lipinski definition) is 0.